The molecule has 0 radical (unpaired) electrons. The van der Waals surface area contributed by atoms with Gasteiger partial charge in [0.1, 0.15) is 0 Å². The van der Waals surface area contributed by atoms with Crippen LogP contribution in [0.5, 0.6) is 0 Å². The molecule has 0 saturated heterocycles. The van der Waals surface area contributed by atoms with Gasteiger partial charge in [-0.15, -0.1) is 0 Å². The molecule has 0 fully saturated rings. The first-order chi connectivity index (χ1) is 8.62. The quantitative estimate of drug-likeness (QED) is 0.658. The van der Waals surface area contributed by atoms with Crippen molar-refractivity contribution in [3.63, 3.8) is 0 Å². The predicted molar refractivity (Wildman–Crippen MR) is 69.2 cm³/mol. The van der Waals surface area contributed by atoms with Crippen LogP contribution in [0.1, 0.15) is 5.56 Å². The molecule has 1 rings (SSSR count). The van der Waals surface area contributed by atoms with Gasteiger partial charge in [0.15, 0.2) is 0 Å². The van der Waals surface area contributed by atoms with E-state index in [1.165, 1.54) is 12.1 Å². The lowest BCUT2D eigenvalue weighted by Gasteiger charge is -2.09. The highest BCUT2D eigenvalue weighted by Gasteiger charge is 2.41. The Kier molecular flexibility index (Phi) is 5.06. The van der Waals surface area contributed by atoms with Crippen LogP contribution < -0.4 is 5.43 Å². The lowest BCUT2D eigenvalue weighted by molar-refractivity contribution is -0.162. The summed E-state index contributed by atoms with van der Waals surface area (Å²) < 4.78 is 36.2. The van der Waals surface area contributed by atoms with E-state index >= 15 is 0 Å². The minimum atomic E-state index is -5.08. The first-order valence-electron chi connectivity index (χ1n) is 4.69. The van der Waals surface area contributed by atoms with Crippen molar-refractivity contribution >= 4 is 51.4 Å². The number of ketones is 1. The number of anilines is 1. The number of alkyl halides is 3. The molecule has 0 aliphatic carbocycles. The average molecular weight is 334 g/mol. The van der Waals surface area contributed by atoms with E-state index in [-0.39, 0.29) is 10.7 Å². The highest BCUT2D eigenvalue weighted by molar-refractivity contribution is 6.83. The molecule has 104 valence electrons. The number of halogens is 6. The number of hydrogen-bond donors (Lipinski definition) is 1. The Balaban J connectivity index is 2.97. The topological polar surface area (TPSA) is 41.5 Å². The standard InChI is InChI=1S/C10H6Cl3F3N2O/c1-4-2-5(11)3-6(12)7(4)17-18-9(13)8(19)10(14,15)16/h2-3,17H,1H3. The normalized spacial score (nSPS) is 12.5. The number of Topliss-reactive ketones (excluding diaryl/α,β-unsaturated/α-hetero) is 1. The maximum absolute atomic E-state index is 12.1. The molecule has 0 spiro atoms. The Morgan fingerprint density at radius 3 is 2.37 bits per heavy atom. The Labute approximate surface area is 121 Å². The van der Waals surface area contributed by atoms with Crippen molar-refractivity contribution in [3.8, 4) is 0 Å². The second-order valence-corrected chi connectivity index (χ2v) is 4.62. The first kappa shape index (κ1) is 16.1. The molecule has 0 saturated carbocycles. The monoisotopic (exact) mass is 332 g/mol. The van der Waals surface area contributed by atoms with Gasteiger partial charge in [-0.05, 0) is 24.6 Å². The van der Waals surface area contributed by atoms with Crippen LogP contribution in [0.25, 0.3) is 0 Å². The maximum atomic E-state index is 12.1. The zero-order valence-corrected chi connectivity index (χ0v) is 11.5. The van der Waals surface area contributed by atoms with E-state index in [4.69, 9.17) is 34.8 Å². The van der Waals surface area contributed by atoms with Gasteiger partial charge < -0.3 is 0 Å². The summed E-state index contributed by atoms with van der Waals surface area (Å²) in [5, 5.41) is 2.40. The molecule has 1 aromatic rings. The molecule has 0 aliphatic rings. The summed E-state index contributed by atoms with van der Waals surface area (Å²) in [6.07, 6.45) is -5.08. The summed E-state index contributed by atoms with van der Waals surface area (Å²) in [6.45, 7) is 1.61. The van der Waals surface area contributed by atoms with Crippen LogP contribution in [0, 0.1) is 6.92 Å². The summed E-state index contributed by atoms with van der Waals surface area (Å²) >= 11 is 16.7. The van der Waals surface area contributed by atoms with E-state index in [1.807, 2.05) is 0 Å². The van der Waals surface area contributed by atoms with Gasteiger partial charge >= 0.3 is 6.18 Å². The minimum absolute atomic E-state index is 0.137. The van der Waals surface area contributed by atoms with Crippen LogP contribution in [0.4, 0.5) is 18.9 Å². The van der Waals surface area contributed by atoms with E-state index in [2.05, 4.69) is 10.5 Å². The summed E-state index contributed by atoms with van der Waals surface area (Å²) in [5.41, 5.74) is 2.95. The van der Waals surface area contributed by atoms with Gasteiger partial charge in [-0.1, -0.05) is 34.8 Å². The van der Waals surface area contributed by atoms with Crippen molar-refractivity contribution in [2.75, 3.05) is 5.43 Å². The molecule has 9 heteroatoms. The van der Waals surface area contributed by atoms with Crippen molar-refractivity contribution in [2.45, 2.75) is 13.1 Å². The summed E-state index contributed by atoms with van der Waals surface area (Å²) in [6, 6.07) is 2.89. The molecule has 0 heterocycles. The molecular formula is C10H6Cl3F3N2O. The number of hydrazone groups is 1. The number of aryl methyl sites for hydroxylation is 1. The Hall–Kier alpha value is -0.980. The van der Waals surface area contributed by atoms with Crippen LogP contribution in [0.2, 0.25) is 10.0 Å². The molecule has 0 amide bonds. The van der Waals surface area contributed by atoms with Gasteiger partial charge in [0.25, 0.3) is 5.78 Å². The van der Waals surface area contributed by atoms with Crippen LogP contribution in [0.15, 0.2) is 17.2 Å². The largest absolute Gasteiger partial charge is 0.457 e. The van der Waals surface area contributed by atoms with E-state index in [9.17, 15) is 18.0 Å². The molecule has 3 nitrogen and oxygen atoms in total. The predicted octanol–water partition coefficient (Wildman–Crippen LogP) is 4.40. The fraction of sp³-hybridized carbons (Fsp3) is 0.200. The molecular weight excluding hydrogens is 327 g/mol. The van der Waals surface area contributed by atoms with Crippen molar-refractivity contribution in [2.24, 2.45) is 5.10 Å². The zero-order valence-electron chi connectivity index (χ0n) is 9.28. The van der Waals surface area contributed by atoms with Crippen molar-refractivity contribution in [3.05, 3.63) is 27.7 Å². The lowest BCUT2D eigenvalue weighted by Crippen LogP contribution is -2.28. The smallest absolute Gasteiger partial charge is 0.281 e. The second-order valence-electron chi connectivity index (χ2n) is 3.42. The van der Waals surface area contributed by atoms with E-state index in [1.54, 1.807) is 6.92 Å². The number of rotatable bonds is 3. The van der Waals surface area contributed by atoms with Crippen LogP contribution in [-0.2, 0) is 4.79 Å². The van der Waals surface area contributed by atoms with Crippen molar-refractivity contribution in [1.29, 1.82) is 0 Å². The fourth-order valence-electron chi connectivity index (χ4n) is 1.12. The van der Waals surface area contributed by atoms with Gasteiger partial charge in [-0.2, -0.15) is 18.3 Å². The van der Waals surface area contributed by atoms with Crippen LogP contribution >= 0.6 is 34.8 Å². The number of benzene rings is 1. The second kappa shape index (κ2) is 5.98. The first-order valence-corrected chi connectivity index (χ1v) is 5.82. The van der Waals surface area contributed by atoms with Crippen LogP contribution in [-0.4, -0.2) is 17.1 Å². The summed E-state index contributed by atoms with van der Waals surface area (Å²) in [7, 11) is 0. The molecule has 0 aromatic heterocycles. The molecule has 0 bridgehead atoms. The Morgan fingerprint density at radius 2 is 1.89 bits per heavy atom. The molecule has 1 aromatic carbocycles. The number of carbonyl (C=O) groups excluding carboxylic acids is 1. The van der Waals surface area contributed by atoms with Gasteiger partial charge in [0.2, 0.25) is 5.17 Å². The molecule has 0 aliphatic heterocycles. The molecule has 19 heavy (non-hydrogen) atoms. The Morgan fingerprint density at radius 1 is 1.32 bits per heavy atom. The Bertz CT molecular complexity index is 520. The number of carbonyl (C=O) groups is 1. The lowest BCUT2D eigenvalue weighted by atomic mass is 10.2. The minimum Gasteiger partial charge on any atom is -0.281 e. The fourth-order valence-corrected chi connectivity index (χ4v) is 1.90. The molecule has 1 N–H and O–H groups in total. The van der Waals surface area contributed by atoms with E-state index in [0.29, 0.717) is 10.6 Å². The molecule has 0 unspecified atom stereocenters. The number of nitrogens with zero attached hydrogens (tertiary/aromatic N) is 1. The third kappa shape index (κ3) is 4.26. The highest BCUT2D eigenvalue weighted by atomic mass is 35.5. The van der Waals surface area contributed by atoms with Gasteiger partial charge in [-0.3, -0.25) is 10.2 Å². The van der Waals surface area contributed by atoms with E-state index < -0.39 is 17.1 Å². The van der Waals surface area contributed by atoms with Crippen LogP contribution in [0.3, 0.4) is 0 Å². The highest BCUT2D eigenvalue weighted by Crippen LogP contribution is 2.29. The van der Waals surface area contributed by atoms with E-state index in [0.717, 1.165) is 0 Å². The summed E-state index contributed by atoms with van der Waals surface area (Å²) in [4.78, 5) is 10.7. The SMILES string of the molecule is Cc1cc(Cl)cc(Cl)c1NN=C(Cl)C(=O)C(F)(F)F. The number of hydrogen-bond acceptors (Lipinski definition) is 3. The van der Waals surface area contributed by atoms with Crippen molar-refractivity contribution in [1.82, 2.24) is 0 Å². The van der Waals surface area contributed by atoms with Gasteiger partial charge in [0, 0.05) is 5.02 Å². The average Bonchev–Trinajstić information content (AvgIpc) is 2.24. The molecule has 0 atom stereocenters. The third-order valence-corrected chi connectivity index (χ3v) is 2.74. The number of nitrogens with one attached hydrogen (secondary N) is 1. The summed E-state index contributed by atoms with van der Waals surface area (Å²) in [5.74, 6) is -2.25. The zero-order chi connectivity index (χ0) is 14.8. The van der Waals surface area contributed by atoms with Gasteiger partial charge in [0.05, 0.1) is 10.7 Å². The van der Waals surface area contributed by atoms with Crippen molar-refractivity contribution < 1.29 is 18.0 Å². The third-order valence-electron chi connectivity index (χ3n) is 1.96. The van der Waals surface area contributed by atoms with Gasteiger partial charge in [-0.25, -0.2) is 0 Å². The maximum Gasteiger partial charge on any atom is 0.457 e.